The Morgan fingerprint density at radius 3 is 2.66 bits per heavy atom. The van der Waals surface area contributed by atoms with Gasteiger partial charge in [0.15, 0.2) is 5.78 Å². The minimum atomic E-state index is -0.164. The second-order valence-electron chi connectivity index (χ2n) is 6.80. The number of thiazole rings is 1. The van der Waals surface area contributed by atoms with Crippen LogP contribution in [0.1, 0.15) is 45.0 Å². The van der Waals surface area contributed by atoms with E-state index in [0.29, 0.717) is 17.9 Å². The number of nitrogens with zero attached hydrogens (tertiary/aromatic N) is 1. The van der Waals surface area contributed by atoms with Crippen LogP contribution < -0.4 is 10.1 Å². The molecular formula is C23H24N2O3S. The molecule has 3 aromatic rings. The molecule has 0 aliphatic carbocycles. The Hall–Kier alpha value is -2.99. The van der Waals surface area contributed by atoms with E-state index in [-0.39, 0.29) is 24.5 Å². The third kappa shape index (κ3) is 5.99. The molecule has 0 atom stereocenters. The molecule has 2 aromatic carbocycles. The molecule has 0 saturated heterocycles. The van der Waals surface area contributed by atoms with Gasteiger partial charge in [0, 0.05) is 24.6 Å². The van der Waals surface area contributed by atoms with Crippen LogP contribution in [-0.4, -0.2) is 23.8 Å². The lowest BCUT2D eigenvalue weighted by atomic mass is 10.0. The Labute approximate surface area is 174 Å². The van der Waals surface area contributed by atoms with E-state index in [2.05, 4.69) is 22.4 Å². The number of amides is 1. The van der Waals surface area contributed by atoms with Gasteiger partial charge in [-0.1, -0.05) is 42.0 Å². The first kappa shape index (κ1) is 20.7. The maximum atomic E-state index is 12.5. The molecule has 3 rings (SSSR count). The van der Waals surface area contributed by atoms with Gasteiger partial charge in [-0.2, -0.15) is 0 Å². The number of ether oxygens (including phenoxy) is 1. The zero-order valence-corrected chi connectivity index (χ0v) is 17.4. The Kier molecular flexibility index (Phi) is 7.14. The van der Waals surface area contributed by atoms with Crippen LogP contribution in [0.25, 0.3) is 0 Å². The summed E-state index contributed by atoms with van der Waals surface area (Å²) >= 11 is 1.59. The zero-order chi connectivity index (χ0) is 20.6. The molecule has 5 nitrogen and oxygen atoms in total. The molecule has 150 valence electrons. The fourth-order valence-electron chi connectivity index (χ4n) is 2.96. The maximum absolute atomic E-state index is 12.5. The van der Waals surface area contributed by atoms with Crippen LogP contribution in [0.5, 0.6) is 5.75 Å². The molecule has 29 heavy (non-hydrogen) atoms. The highest BCUT2D eigenvalue weighted by atomic mass is 32.1. The van der Waals surface area contributed by atoms with Crippen molar-refractivity contribution in [1.29, 1.82) is 0 Å². The normalized spacial score (nSPS) is 10.6. The number of methoxy groups -OCH3 is 1. The number of rotatable bonds is 9. The number of carbonyl (C=O) groups excluding carboxylic acids is 2. The van der Waals surface area contributed by atoms with Gasteiger partial charge in [-0.25, -0.2) is 4.98 Å². The Morgan fingerprint density at radius 2 is 1.90 bits per heavy atom. The SMILES string of the molecule is COc1ccc(C)cc1C(=O)CCC(=O)NCc1csc(Cc2ccccc2)n1. The molecule has 0 radical (unpaired) electrons. The van der Waals surface area contributed by atoms with Crippen molar-refractivity contribution in [3.05, 3.63) is 81.3 Å². The van der Waals surface area contributed by atoms with Crippen LogP contribution >= 0.6 is 11.3 Å². The number of nitrogens with one attached hydrogen (secondary N) is 1. The summed E-state index contributed by atoms with van der Waals surface area (Å²) in [6.07, 6.45) is 1.06. The van der Waals surface area contributed by atoms with Crippen LogP contribution in [0, 0.1) is 6.92 Å². The Balaban J connectivity index is 1.47. The van der Waals surface area contributed by atoms with Gasteiger partial charge in [0.1, 0.15) is 5.75 Å². The highest BCUT2D eigenvalue weighted by Crippen LogP contribution is 2.21. The molecule has 0 aliphatic rings. The first-order valence-corrected chi connectivity index (χ1v) is 10.3. The predicted molar refractivity (Wildman–Crippen MR) is 115 cm³/mol. The molecule has 1 amide bonds. The fourth-order valence-corrected chi connectivity index (χ4v) is 3.79. The molecule has 1 aromatic heterocycles. The van der Waals surface area contributed by atoms with E-state index in [1.165, 1.54) is 12.7 Å². The van der Waals surface area contributed by atoms with E-state index in [9.17, 15) is 9.59 Å². The molecule has 0 unspecified atom stereocenters. The summed E-state index contributed by atoms with van der Waals surface area (Å²) in [7, 11) is 1.54. The number of aromatic nitrogens is 1. The van der Waals surface area contributed by atoms with Crippen molar-refractivity contribution in [2.24, 2.45) is 0 Å². The number of hydrogen-bond acceptors (Lipinski definition) is 5. The monoisotopic (exact) mass is 408 g/mol. The zero-order valence-electron chi connectivity index (χ0n) is 16.6. The second-order valence-corrected chi connectivity index (χ2v) is 7.74. The van der Waals surface area contributed by atoms with Gasteiger partial charge < -0.3 is 10.1 Å². The Bertz CT molecular complexity index is 983. The highest BCUT2D eigenvalue weighted by molar-refractivity contribution is 7.09. The van der Waals surface area contributed by atoms with Gasteiger partial charge in [-0.05, 0) is 24.6 Å². The molecule has 0 spiro atoms. The van der Waals surface area contributed by atoms with E-state index in [1.54, 1.807) is 23.5 Å². The third-order valence-electron chi connectivity index (χ3n) is 4.50. The lowest BCUT2D eigenvalue weighted by Crippen LogP contribution is -2.23. The van der Waals surface area contributed by atoms with E-state index in [0.717, 1.165) is 22.7 Å². The number of hydrogen-bond donors (Lipinski definition) is 1. The van der Waals surface area contributed by atoms with Gasteiger partial charge in [0.2, 0.25) is 5.91 Å². The van der Waals surface area contributed by atoms with E-state index >= 15 is 0 Å². The summed E-state index contributed by atoms with van der Waals surface area (Å²) in [5, 5.41) is 5.82. The summed E-state index contributed by atoms with van der Waals surface area (Å²) in [6, 6.07) is 15.6. The lowest BCUT2D eigenvalue weighted by molar-refractivity contribution is -0.121. The van der Waals surface area contributed by atoms with Crippen molar-refractivity contribution >= 4 is 23.0 Å². The van der Waals surface area contributed by atoms with Crippen molar-refractivity contribution in [3.63, 3.8) is 0 Å². The maximum Gasteiger partial charge on any atom is 0.220 e. The van der Waals surface area contributed by atoms with Crippen LogP contribution in [0.15, 0.2) is 53.9 Å². The number of Topliss-reactive ketones (excluding diaryl/α,β-unsaturated/α-hetero) is 1. The van der Waals surface area contributed by atoms with E-state index in [4.69, 9.17) is 4.74 Å². The molecular weight excluding hydrogens is 384 g/mol. The smallest absolute Gasteiger partial charge is 0.220 e. The van der Waals surface area contributed by atoms with Gasteiger partial charge in [0.25, 0.3) is 0 Å². The summed E-state index contributed by atoms with van der Waals surface area (Å²) in [5.74, 6) is 0.275. The molecule has 0 saturated carbocycles. The largest absolute Gasteiger partial charge is 0.496 e. The summed E-state index contributed by atoms with van der Waals surface area (Å²) in [6.45, 7) is 2.29. The first-order valence-electron chi connectivity index (χ1n) is 9.47. The molecule has 1 N–H and O–H groups in total. The topological polar surface area (TPSA) is 68.3 Å². The van der Waals surface area contributed by atoms with Gasteiger partial charge in [-0.15, -0.1) is 11.3 Å². The van der Waals surface area contributed by atoms with Crippen molar-refractivity contribution in [2.75, 3.05) is 7.11 Å². The van der Waals surface area contributed by atoms with Gasteiger partial charge >= 0.3 is 0 Å². The molecule has 0 bridgehead atoms. The first-order chi connectivity index (χ1) is 14.0. The van der Waals surface area contributed by atoms with Crippen LogP contribution in [0.4, 0.5) is 0 Å². The predicted octanol–water partition coefficient (Wildman–Crippen LogP) is 4.33. The Morgan fingerprint density at radius 1 is 1.10 bits per heavy atom. The van der Waals surface area contributed by atoms with Crippen LogP contribution in [-0.2, 0) is 17.8 Å². The summed E-state index contributed by atoms with van der Waals surface area (Å²) < 4.78 is 5.25. The van der Waals surface area contributed by atoms with Gasteiger partial charge in [0.05, 0.1) is 29.9 Å². The third-order valence-corrected chi connectivity index (χ3v) is 5.40. The summed E-state index contributed by atoms with van der Waals surface area (Å²) in [5.41, 5.74) is 3.54. The molecule has 0 aliphatic heterocycles. The summed E-state index contributed by atoms with van der Waals surface area (Å²) in [4.78, 5) is 29.2. The number of ketones is 1. The minimum Gasteiger partial charge on any atom is -0.496 e. The lowest BCUT2D eigenvalue weighted by Gasteiger charge is -2.08. The van der Waals surface area contributed by atoms with E-state index in [1.807, 2.05) is 36.6 Å². The average molecular weight is 409 g/mol. The number of aryl methyl sites for hydroxylation is 1. The fraction of sp³-hybridized carbons (Fsp3) is 0.261. The number of benzene rings is 2. The van der Waals surface area contributed by atoms with Crippen molar-refractivity contribution in [1.82, 2.24) is 10.3 Å². The average Bonchev–Trinajstić information content (AvgIpc) is 3.18. The number of carbonyl (C=O) groups is 2. The van der Waals surface area contributed by atoms with Crippen LogP contribution in [0.3, 0.4) is 0 Å². The van der Waals surface area contributed by atoms with Crippen molar-refractivity contribution in [3.8, 4) is 5.75 Å². The molecule has 0 fully saturated rings. The van der Waals surface area contributed by atoms with Crippen LogP contribution in [0.2, 0.25) is 0 Å². The standard InChI is InChI=1S/C23H24N2O3S/c1-16-8-10-21(28-2)19(12-16)20(26)9-11-22(27)24-14-18-15-29-23(25-18)13-17-6-4-3-5-7-17/h3-8,10,12,15H,9,11,13-14H2,1-2H3,(H,24,27). The van der Waals surface area contributed by atoms with Gasteiger partial charge in [-0.3, -0.25) is 9.59 Å². The second kappa shape index (κ2) is 9.98. The molecule has 6 heteroatoms. The van der Waals surface area contributed by atoms with Crippen molar-refractivity contribution < 1.29 is 14.3 Å². The minimum absolute atomic E-state index is 0.0977. The highest BCUT2D eigenvalue weighted by Gasteiger charge is 2.14. The quantitative estimate of drug-likeness (QED) is 0.535. The van der Waals surface area contributed by atoms with E-state index < -0.39 is 0 Å². The molecule has 1 heterocycles. The van der Waals surface area contributed by atoms with Crippen molar-refractivity contribution in [2.45, 2.75) is 32.7 Å².